The summed E-state index contributed by atoms with van der Waals surface area (Å²) in [6.07, 6.45) is 2.08. The van der Waals surface area contributed by atoms with E-state index in [9.17, 15) is 5.11 Å². The average Bonchev–Trinajstić information content (AvgIpc) is 2.72. The molecule has 1 unspecified atom stereocenters. The van der Waals surface area contributed by atoms with Crippen molar-refractivity contribution in [3.63, 3.8) is 0 Å². The summed E-state index contributed by atoms with van der Waals surface area (Å²) in [6.45, 7) is 6.90. The molecule has 102 valence electrons. The highest BCUT2D eigenvalue weighted by atomic mass is 32.1. The number of ether oxygens (including phenoxy) is 1. The Morgan fingerprint density at radius 3 is 2.78 bits per heavy atom. The topological polar surface area (TPSA) is 41.5 Å². The molecule has 2 N–H and O–H groups in total. The molecule has 3 nitrogen and oxygen atoms in total. The van der Waals surface area contributed by atoms with Crippen molar-refractivity contribution in [2.75, 3.05) is 6.54 Å². The van der Waals surface area contributed by atoms with E-state index in [-0.39, 0.29) is 11.7 Å². The van der Waals surface area contributed by atoms with Gasteiger partial charge < -0.3 is 15.2 Å². The average molecular weight is 269 g/mol. The van der Waals surface area contributed by atoms with Gasteiger partial charge in [0.2, 0.25) is 0 Å². The van der Waals surface area contributed by atoms with Crippen molar-refractivity contribution < 1.29 is 9.84 Å². The monoisotopic (exact) mass is 269 g/mol. The van der Waals surface area contributed by atoms with Crippen LogP contribution in [0.3, 0.4) is 0 Å². The van der Waals surface area contributed by atoms with Crippen LogP contribution in [0.15, 0.2) is 16.8 Å². The van der Waals surface area contributed by atoms with Crippen molar-refractivity contribution in [1.29, 1.82) is 0 Å². The molecule has 1 aromatic heterocycles. The number of nitrogens with one attached hydrogen (secondary N) is 1. The van der Waals surface area contributed by atoms with Crippen molar-refractivity contribution in [3.05, 3.63) is 22.4 Å². The van der Waals surface area contributed by atoms with Gasteiger partial charge in [0.05, 0.1) is 17.8 Å². The number of aliphatic hydroxyl groups is 1. The van der Waals surface area contributed by atoms with Gasteiger partial charge in [0.15, 0.2) is 0 Å². The van der Waals surface area contributed by atoms with E-state index in [1.807, 2.05) is 16.8 Å². The van der Waals surface area contributed by atoms with Crippen LogP contribution in [-0.4, -0.2) is 29.4 Å². The number of hydrogen-bond acceptors (Lipinski definition) is 4. The van der Waals surface area contributed by atoms with Crippen LogP contribution < -0.4 is 5.32 Å². The third kappa shape index (κ3) is 4.05. The van der Waals surface area contributed by atoms with Crippen LogP contribution in [0.4, 0.5) is 0 Å². The molecule has 0 aliphatic heterocycles. The van der Waals surface area contributed by atoms with Crippen LogP contribution in [0, 0.1) is 0 Å². The maximum Gasteiger partial charge on any atom is 0.0922 e. The standard InChI is InChI=1S/C14H23NO2S/c1-14(2,3)17-12-6-11(7-12)15-8-13(16)10-4-5-18-9-10/h4-5,9,11-13,15-16H,6-8H2,1-3H3. The lowest BCUT2D eigenvalue weighted by atomic mass is 9.88. The first-order valence-electron chi connectivity index (χ1n) is 6.55. The van der Waals surface area contributed by atoms with Crippen LogP contribution in [-0.2, 0) is 4.74 Å². The molecule has 1 aliphatic carbocycles. The highest BCUT2D eigenvalue weighted by Gasteiger charge is 2.32. The van der Waals surface area contributed by atoms with Gasteiger partial charge in [-0.25, -0.2) is 0 Å². The lowest BCUT2D eigenvalue weighted by Crippen LogP contribution is -2.48. The van der Waals surface area contributed by atoms with Crippen LogP contribution in [0.1, 0.15) is 45.3 Å². The summed E-state index contributed by atoms with van der Waals surface area (Å²) in [4.78, 5) is 0. The fourth-order valence-corrected chi connectivity index (χ4v) is 2.90. The zero-order chi connectivity index (χ0) is 13.2. The predicted molar refractivity (Wildman–Crippen MR) is 74.9 cm³/mol. The van der Waals surface area contributed by atoms with Crippen molar-refractivity contribution >= 4 is 11.3 Å². The molecule has 1 fully saturated rings. The van der Waals surface area contributed by atoms with Crippen LogP contribution in [0.5, 0.6) is 0 Å². The molecule has 1 atom stereocenters. The number of rotatable bonds is 5. The summed E-state index contributed by atoms with van der Waals surface area (Å²) in [5, 5.41) is 17.3. The molecule has 0 saturated heterocycles. The number of hydrogen-bond donors (Lipinski definition) is 2. The fourth-order valence-electron chi connectivity index (χ4n) is 2.19. The lowest BCUT2D eigenvalue weighted by Gasteiger charge is -2.40. The molecule has 0 bridgehead atoms. The summed E-state index contributed by atoms with van der Waals surface area (Å²) < 4.78 is 5.88. The van der Waals surface area contributed by atoms with Gasteiger partial charge in [0.25, 0.3) is 0 Å². The molecule has 1 saturated carbocycles. The van der Waals surface area contributed by atoms with Crippen molar-refractivity contribution in [3.8, 4) is 0 Å². The van der Waals surface area contributed by atoms with Crippen molar-refractivity contribution in [1.82, 2.24) is 5.32 Å². The largest absolute Gasteiger partial charge is 0.387 e. The highest BCUT2D eigenvalue weighted by molar-refractivity contribution is 7.07. The van der Waals surface area contributed by atoms with E-state index in [4.69, 9.17) is 4.74 Å². The first-order chi connectivity index (χ1) is 8.44. The molecule has 1 aliphatic rings. The summed E-state index contributed by atoms with van der Waals surface area (Å²) in [7, 11) is 0. The molecule has 0 aromatic carbocycles. The Bertz CT molecular complexity index is 352. The molecule has 1 aromatic rings. The third-order valence-corrected chi connectivity index (χ3v) is 3.84. The summed E-state index contributed by atoms with van der Waals surface area (Å²) in [5.41, 5.74) is 0.959. The second-order valence-electron chi connectivity index (χ2n) is 6.00. The smallest absolute Gasteiger partial charge is 0.0922 e. The molecule has 4 heteroatoms. The normalized spacial score (nSPS) is 25.8. The Kier molecular flexibility index (Phi) is 4.43. The summed E-state index contributed by atoms with van der Waals surface area (Å²) >= 11 is 1.62. The maximum atomic E-state index is 9.94. The second kappa shape index (κ2) is 5.70. The number of aliphatic hydroxyl groups excluding tert-OH is 1. The SMILES string of the molecule is CC(C)(C)OC1CC(NCC(O)c2ccsc2)C1. The van der Waals surface area contributed by atoms with Gasteiger partial charge in [0.1, 0.15) is 0 Å². The highest BCUT2D eigenvalue weighted by Crippen LogP contribution is 2.28. The predicted octanol–water partition coefficient (Wildman–Crippen LogP) is 2.72. The van der Waals surface area contributed by atoms with Crippen molar-refractivity contribution in [2.24, 2.45) is 0 Å². The molecule has 0 spiro atoms. The quantitative estimate of drug-likeness (QED) is 0.863. The summed E-state index contributed by atoms with van der Waals surface area (Å²) in [6, 6.07) is 2.47. The third-order valence-electron chi connectivity index (χ3n) is 3.14. The van der Waals surface area contributed by atoms with Gasteiger partial charge in [-0.15, -0.1) is 0 Å². The van der Waals surface area contributed by atoms with E-state index in [1.165, 1.54) is 0 Å². The van der Waals surface area contributed by atoms with Crippen molar-refractivity contribution in [2.45, 2.75) is 57.5 Å². The van der Waals surface area contributed by atoms with Gasteiger partial charge in [0, 0.05) is 12.6 Å². The van der Waals surface area contributed by atoms with E-state index >= 15 is 0 Å². The molecular formula is C14H23NO2S. The Morgan fingerprint density at radius 1 is 1.50 bits per heavy atom. The Balaban J connectivity index is 1.63. The van der Waals surface area contributed by atoms with Gasteiger partial charge in [-0.3, -0.25) is 0 Å². The first-order valence-corrected chi connectivity index (χ1v) is 7.50. The van der Waals surface area contributed by atoms with Gasteiger partial charge in [-0.05, 0) is 56.0 Å². The lowest BCUT2D eigenvalue weighted by molar-refractivity contribution is -0.103. The maximum absolute atomic E-state index is 9.94. The zero-order valence-electron chi connectivity index (χ0n) is 11.3. The minimum Gasteiger partial charge on any atom is -0.387 e. The summed E-state index contributed by atoms with van der Waals surface area (Å²) in [5.74, 6) is 0. The minimum absolute atomic E-state index is 0.0498. The van der Waals surface area contributed by atoms with Gasteiger partial charge in [-0.2, -0.15) is 11.3 Å². The van der Waals surface area contributed by atoms with E-state index in [1.54, 1.807) is 11.3 Å². The zero-order valence-corrected chi connectivity index (χ0v) is 12.2. The van der Waals surface area contributed by atoms with Gasteiger partial charge >= 0.3 is 0 Å². The molecule has 1 heterocycles. The van der Waals surface area contributed by atoms with E-state index in [0.29, 0.717) is 18.7 Å². The molecule has 0 amide bonds. The fraction of sp³-hybridized carbons (Fsp3) is 0.714. The minimum atomic E-state index is -0.390. The molecule has 0 radical (unpaired) electrons. The molecule has 2 rings (SSSR count). The first kappa shape index (κ1) is 14.0. The van der Waals surface area contributed by atoms with Gasteiger partial charge in [-0.1, -0.05) is 0 Å². The van der Waals surface area contributed by atoms with E-state index in [2.05, 4.69) is 26.1 Å². The van der Waals surface area contributed by atoms with E-state index in [0.717, 1.165) is 18.4 Å². The molecule has 18 heavy (non-hydrogen) atoms. The Labute approximate surface area is 113 Å². The number of thiophene rings is 1. The van der Waals surface area contributed by atoms with E-state index < -0.39 is 0 Å². The van der Waals surface area contributed by atoms with Crippen LogP contribution >= 0.6 is 11.3 Å². The van der Waals surface area contributed by atoms with Crippen LogP contribution in [0.25, 0.3) is 0 Å². The second-order valence-corrected chi connectivity index (χ2v) is 6.78. The molecular weight excluding hydrogens is 246 g/mol. The van der Waals surface area contributed by atoms with Crippen LogP contribution in [0.2, 0.25) is 0 Å². The Morgan fingerprint density at radius 2 is 2.22 bits per heavy atom. The Hall–Kier alpha value is -0.420.